The van der Waals surface area contributed by atoms with Crippen LogP contribution in [-0.2, 0) is 6.42 Å². The highest BCUT2D eigenvalue weighted by molar-refractivity contribution is 5.91. The number of methoxy groups -OCH3 is 1. The summed E-state index contributed by atoms with van der Waals surface area (Å²) in [5.74, 6) is 3.08. The van der Waals surface area contributed by atoms with Gasteiger partial charge in [0, 0.05) is 23.7 Å². The van der Waals surface area contributed by atoms with Crippen molar-refractivity contribution in [2.75, 3.05) is 24.7 Å². The van der Waals surface area contributed by atoms with Crippen molar-refractivity contribution in [3.05, 3.63) is 78.6 Å². The Bertz CT molecular complexity index is 1130. The molecule has 146 valence electrons. The maximum Gasteiger partial charge on any atom is 0.137 e. The molecule has 6 heteroatoms. The Morgan fingerprint density at radius 2 is 1.69 bits per heavy atom. The quantitative estimate of drug-likeness (QED) is 0.449. The van der Waals surface area contributed by atoms with Crippen LogP contribution in [0, 0.1) is 0 Å². The lowest BCUT2D eigenvalue weighted by Gasteiger charge is -2.11. The minimum atomic E-state index is 0.692. The number of rotatable bonds is 7. The molecular weight excluding hydrogens is 364 g/mol. The van der Waals surface area contributed by atoms with E-state index in [1.165, 1.54) is 0 Å². The molecule has 1 aromatic heterocycles. The Labute approximate surface area is 169 Å². The monoisotopic (exact) mass is 386 g/mol. The van der Waals surface area contributed by atoms with E-state index in [-0.39, 0.29) is 0 Å². The van der Waals surface area contributed by atoms with E-state index in [9.17, 15) is 0 Å². The summed E-state index contributed by atoms with van der Waals surface area (Å²) in [5.41, 5.74) is 8.63. The predicted octanol–water partition coefficient (Wildman–Crippen LogP) is 4.67. The second-order valence-electron chi connectivity index (χ2n) is 6.60. The molecule has 3 N–H and O–H groups in total. The summed E-state index contributed by atoms with van der Waals surface area (Å²) >= 11 is 0. The Balaban J connectivity index is 1.42. The number of benzene rings is 3. The third-order valence-corrected chi connectivity index (χ3v) is 4.54. The summed E-state index contributed by atoms with van der Waals surface area (Å²) < 4.78 is 11.2. The lowest BCUT2D eigenvalue weighted by atomic mass is 10.1. The van der Waals surface area contributed by atoms with Gasteiger partial charge in [0.2, 0.25) is 0 Å². The van der Waals surface area contributed by atoms with Gasteiger partial charge in [0.25, 0.3) is 0 Å². The molecule has 0 amide bonds. The number of ether oxygens (including phenoxy) is 2. The third kappa shape index (κ3) is 4.55. The van der Waals surface area contributed by atoms with Crippen LogP contribution < -0.4 is 20.5 Å². The maximum absolute atomic E-state index is 5.96. The lowest BCUT2D eigenvalue weighted by molar-refractivity contribution is 0.409. The molecule has 0 radical (unpaired) electrons. The largest absolute Gasteiger partial charge is 0.497 e. The van der Waals surface area contributed by atoms with Gasteiger partial charge in [0.1, 0.15) is 29.4 Å². The van der Waals surface area contributed by atoms with Gasteiger partial charge in [-0.3, -0.25) is 0 Å². The van der Waals surface area contributed by atoms with Crippen LogP contribution in [0.5, 0.6) is 17.2 Å². The summed E-state index contributed by atoms with van der Waals surface area (Å²) in [7, 11) is 1.64. The van der Waals surface area contributed by atoms with Crippen LogP contribution in [0.1, 0.15) is 5.56 Å². The van der Waals surface area contributed by atoms with Crippen molar-refractivity contribution in [3.8, 4) is 17.2 Å². The minimum absolute atomic E-state index is 0.692. The average molecular weight is 386 g/mol. The summed E-state index contributed by atoms with van der Waals surface area (Å²) in [6.45, 7) is 0.726. The Hall–Kier alpha value is -3.80. The van der Waals surface area contributed by atoms with E-state index >= 15 is 0 Å². The molecule has 4 aromatic rings. The van der Waals surface area contributed by atoms with Gasteiger partial charge in [-0.25, -0.2) is 9.97 Å². The van der Waals surface area contributed by atoms with Gasteiger partial charge in [0.05, 0.1) is 12.6 Å². The first-order valence-electron chi connectivity index (χ1n) is 9.36. The van der Waals surface area contributed by atoms with Crippen LogP contribution in [0.15, 0.2) is 73.1 Å². The fourth-order valence-corrected chi connectivity index (χ4v) is 3.11. The number of anilines is 2. The standard InChI is InChI=1S/C23H22N4O2/c1-28-18-5-3-7-20(14-18)29-19-6-2-4-16(12-19)10-11-25-23-21-13-17(24)8-9-22(21)26-15-27-23/h2-9,12-15H,10-11,24H2,1H3,(H,25,26,27). The molecule has 0 unspecified atom stereocenters. The van der Waals surface area contributed by atoms with Crippen molar-refractivity contribution < 1.29 is 9.47 Å². The SMILES string of the molecule is COc1cccc(Oc2cccc(CCNc3ncnc4ccc(N)cc34)c2)c1. The van der Waals surface area contributed by atoms with E-state index in [0.29, 0.717) is 5.69 Å². The van der Waals surface area contributed by atoms with Gasteiger partial charge in [-0.1, -0.05) is 18.2 Å². The van der Waals surface area contributed by atoms with Crippen LogP contribution in [-0.4, -0.2) is 23.6 Å². The summed E-state index contributed by atoms with van der Waals surface area (Å²) in [6, 6.07) is 21.2. The molecule has 0 fully saturated rings. The number of fused-ring (bicyclic) bond motifs is 1. The van der Waals surface area contributed by atoms with Gasteiger partial charge in [-0.15, -0.1) is 0 Å². The fraction of sp³-hybridized carbons (Fsp3) is 0.130. The zero-order chi connectivity index (χ0) is 20.1. The topological polar surface area (TPSA) is 82.3 Å². The van der Waals surface area contributed by atoms with Crippen molar-refractivity contribution in [2.45, 2.75) is 6.42 Å². The van der Waals surface area contributed by atoms with Gasteiger partial charge in [-0.05, 0) is 54.4 Å². The zero-order valence-electron chi connectivity index (χ0n) is 16.1. The number of aromatic nitrogens is 2. The molecule has 0 bridgehead atoms. The van der Waals surface area contributed by atoms with Crippen molar-refractivity contribution in [2.24, 2.45) is 0 Å². The molecule has 4 rings (SSSR count). The van der Waals surface area contributed by atoms with Crippen molar-refractivity contribution in [3.63, 3.8) is 0 Å². The van der Waals surface area contributed by atoms with Gasteiger partial charge in [-0.2, -0.15) is 0 Å². The van der Waals surface area contributed by atoms with E-state index in [0.717, 1.165) is 52.5 Å². The predicted molar refractivity (Wildman–Crippen MR) is 116 cm³/mol. The second kappa shape index (κ2) is 8.48. The first-order valence-corrected chi connectivity index (χ1v) is 9.36. The van der Waals surface area contributed by atoms with E-state index in [1.54, 1.807) is 13.4 Å². The van der Waals surface area contributed by atoms with E-state index in [2.05, 4.69) is 21.4 Å². The van der Waals surface area contributed by atoms with Gasteiger partial charge < -0.3 is 20.5 Å². The molecule has 0 aliphatic heterocycles. The number of hydrogen-bond acceptors (Lipinski definition) is 6. The normalized spacial score (nSPS) is 10.7. The van der Waals surface area contributed by atoms with Crippen LogP contribution >= 0.6 is 0 Å². The molecule has 29 heavy (non-hydrogen) atoms. The van der Waals surface area contributed by atoms with Crippen LogP contribution in [0.25, 0.3) is 10.9 Å². The van der Waals surface area contributed by atoms with Crippen molar-refractivity contribution >= 4 is 22.4 Å². The molecule has 0 saturated carbocycles. The Morgan fingerprint density at radius 1 is 0.897 bits per heavy atom. The van der Waals surface area contributed by atoms with Crippen LogP contribution in [0.3, 0.4) is 0 Å². The molecule has 0 aliphatic rings. The smallest absolute Gasteiger partial charge is 0.137 e. The molecule has 0 spiro atoms. The van der Waals surface area contributed by atoms with Crippen molar-refractivity contribution in [1.29, 1.82) is 0 Å². The minimum Gasteiger partial charge on any atom is -0.497 e. The summed E-state index contributed by atoms with van der Waals surface area (Å²) in [6.07, 6.45) is 2.38. The average Bonchev–Trinajstić information content (AvgIpc) is 2.74. The molecule has 0 saturated heterocycles. The number of nitrogens with one attached hydrogen (secondary N) is 1. The van der Waals surface area contributed by atoms with Crippen molar-refractivity contribution in [1.82, 2.24) is 9.97 Å². The molecule has 1 heterocycles. The highest BCUT2D eigenvalue weighted by Gasteiger charge is 2.05. The molecule has 3 aromatic carbocycles. The van der Waals surface area contributed by atoms with E-state index in [1.807, 2.05) is 60.7 Å². The Kier molecular flexibility index (Phi) is 5.42. The highest BCUT2D eigenvalue weighted by Crippen LogP contribution is 2.26. The maximum atomic E-state index is 5.96. The number of nitrogens with zero attached hydrogens (tertiary/aromatic N) is 2. The summed E-state index contributed by atoms with van der Waals surface area (Å²) in [5, 5.41) is 4.30. The third-order valence-electron chi connectivity index (χ3n) is 4.54. The lowest BCUT2D eigenvalue weighted by Crippen LogP contribution is -2.07. The van der Waals surface area contributed by atoms with Crippen LogP contribution in [0.4, 0.5) is 11.5 Å². The number of nitrogen functional groups attached to an aromatic ring is 1. The molecule has 6 nitrogen and oxygen atoms in total. The van der Waals surface area contributed by atoms with Gasteiger partial charge in [0.15, 0.2) is 0 Å². The fourth-order valence-electron chi connectivity index (χ4n) is 3.11. The number of hydrogen-bond donors (Lipinski definition) is 2. The zero-order valence-corrected chi connectivity index (χ0v) is 16.1. The van der Waals surface area contributed by atoms with E-state index < -0.39 is 0 Å². The molecule has 0 aliphatic carbocycles. The first kappa shape index (κ1) is 18.6. The summed E-state index contributed by atoms with van der Waals surface area (Å²) in [4.78, 5) is 8.64. The van der Waals surface area contributed by atoms with Crippen LogP contribution in [0.2, 0.25) is 0 Å². The second-order valence-corrected chi connectivity index (χ2v) is 6.60. The number of nitrogens with two attached hydrogens (primary N) is 1. The van der Waals surface area contributed by atoms with E-state index in [4.69, 9.17) is 15.2 Å². The molecular formula is C23H22N4O2. The highest BCUT2D eigenvalue weighted by atomic mass is 16.5. The molecule has 0 atom stereocenters. The van der Waals surface area contributed by atoms with Gasteiger partial charge >= 0.3 is 0 Å². The Morgan fingerprint density at radius 3 is 2.55 bits per heavy atom. The first-order chi connectivity index (χ1) is 14.2.